The number of carbonyl (C=O) groups is 3. The number of carbonyl (C=O) groups excluding carboxylic acids is 3. The first-order chi connectivity index (χ1) is 20.6. The third-order valence-electron chi connectivity index (χ3n) is 9.85. The first kappa shape index (κ1) is 32.0. The monoisotopic (exact) mass is 610 g/mol. The van der Waals surface area contributed by atoms with Crippen molar-refractivity contribution in [3.63, 3.8) is 0 Å². The van der Waals surface area contributed by atoms with E-state index in [9.17, 15) is 34.8 Å². The van der Waals surface area contributed by atoms with Gasteiger partial charge in [-0.25, -0.2) is 0 Å². The Hall–Kier alpha value is -3.41. The number of likely N-dealkylation sites (N-methyl/N-ethyl adjacent to an activating group) is 1. The van der Waals surface area contributed by atoms with E-state index in [0.717, 1.165) is 30.8 Å². The minimum absolute atomic E-state index is 0.0613. The average Bonchev–Trinajstić information content (AvgIpc) is 3.72. The molecular formula is C33H46N4O7. The lowest BCUT2D eigenvalue weighted by atomic mass is 9.57. The Morgan fingerprint density at radius 1 is 1.11 bits per heavy atom. The molecule has 4 aliphatic carbocycles. The van der Waals surface area contributed by atoms with E-state index in [2.05, 4.69) is 18.7 Å². The van der Waals surface area contributed by atoms with Crippen LogP contribution in [0.4, 0.5) is 5.69 Å². The number of hydrogen-bond donors (Lipinski definition) is 5. The second-order valence-electron chi connectivity index (χ2n) is 14.0. The number of aromatic hydroxyl groups is 1. The maximum Gasteiger partial charge on any atom is 0.255 e. The normalized spacial score (nSPS) is 26.8. The van der Waals surface area contributed by atoms with Crippen LogP contribution in [0.2, 0.25) is 0 Å². The van der Waals surface area contributed by atoms with Crippen molar-refractivity contribution in [1.82, 2.24) is 9.80 Å². The van der Waals surface area contributed by atoms with E-state index in [0.29, 0.717) is 23.9 Å². The second kappa shape index (κ2) is 11.5. The molecule has 0 aliphatic heterocycles. The largest absolute Gasteiger partial charge is 0.508 e. The molecule has 1 aromatic rings. The molecule has 0 saturated heterocycles. The molecule has 0 heterocycles. The van der Waals surface area contributed by atoms with Gasteiger partial charge in [0.25, 0.3) is 5.91 Å². The van der Waals surface area contributed by atoms with E-state index in [-0.39, 0.29) is 29.7 Å². The van der Waals surface area contributed by atoms with Crippen molar-refractivity contribution in [2.45, 2.75) is 64.1 Å². The fourth-order valence-corrected chi connectivity index (χ4v) is 7.63. The summed E-state index contributed by atoms with van der Waals surface area (Å²) < 4.78 is 0. The molecule has 0 bridgehead atoms. The highest BCUT2D eigenvalue weighted by atomic mass is 16.3. The van der Waals surface area contributed by atoms with Crippen molar-refractivity contribution in [3.05, 3.63) is 39.7 Å². The highest BCUT2D eigenvalue weighted by Crippen LogP contribution is 2.54. The minimum atomic E-state index is -2.65. The molecule has 1 amide bonds. The number of phenols is 1. The summed E-state index contributed by atoms with van der Waals surface area (Å²) in [6.45, 7) is 6.93. The first-order valence-corrected chi connectivity index (χ1v) is 15.5. The Balaban J connectivity index is 1.63. The van der Waals surface area contributed by atoms with Gasteiger partial charge in [0, 0.05) is 44.4 Å². The number of fused-ring (bicyclic) bond motifs is 3. The topological polar surface area (TPSA) is 168 Å². The van der Waals surface area contributed by atoms with E-state index in [1.54, 1.807) is 20.2 Å². The molecule has 240 valence electrons. The first-order valence-electron chi connectivity index (χ1n) is 15.5. The number of rotatable bonds is 10. The van der Waals surface area contributed by atoms with Gasteiger partial charge in [-0.1, -0.05) is 13.8 Å². The van der Waals surface area contributed by atoms with Crippen molar-refractivity contribution in [1.29, 1.82) is 0 Å². The highest BCUT2D eigenvalue weighted by Gasteiger charge is 2.64. The maximum atomic E-state index is 14.1. The van der Waals surface area contributed by atoms with Crippen LogP contribution in [0.3, 0.4) is 0 Å². The van der Waals surface area contributed by atoms with E-state index in [4.69, 9.17) is 5.73 Å². The van der Waals surface area contributed by atoms with Crippen LogP contribution in [0.25, 0.3) is 5.76 Å². The number of anilines is 1. The Labute approximate surface area is 258 Å². The van der Waals surface area contributed by atoms with Crippen LogP contribution in [0, 0.1) is 23.7 Å². The van der Waals surface area contributed by atoms with Crippen LogP contribution in [-0.2, 0) is 27.3 Å². The minimum Gasteiger partial charge on any atom is -0.508 e. The molecule has 2 fully saturated rings. The zero-order chi connectivity index (χ0) is 32.4. The predicted molar refractivity (Wildman–Crippen MR) is 166 cm³/mol. The van der Waals surface area contributed by atoms with Gasteiger partial charge in [0.15, 0.2) is 11.4 Å². The molecule has 11 nitrogen and oxygen atoms in total. The Morgan fingerprint density at radius 2 is 1.77 bits per heavy atom. The van der Waals surface area contributed by atoms with Crippen LogP contribution >= 0.6 is 0 Å². The number of amides is 1. The smallest absolute Gasteiger partial charge is 0.255 e. The summed E-state index contributed by atoms with van der Waals surface area (Å²) in [5.41, 5.74) is 4.37. The summed E-state index contributed by atoms with van der Waals surface area (Å²) in [6, 6.07) is 0.535. The molecule has 44 heavy (non-hydrogen) atoms. The number of Topliss-reactive ketones (excluding diaryl/α,β-unsaturated/α-hetero) is 2. The number of nitrogens with two attached hydrogens (primary N) is 1. The summed E-state index contributed by atoms with van der Waals surface area (Å²) in [5.74, 6) is -5.24. The van der Waals surface area contributed by atoms with Crippen LogP contribution in [0.15, 0.2) is 23.0 Å². The Morgan fingerprint density at radius 3 is 2.32 bits per heavy atom. The van der Waals surface area contributed by atoms with Gasteiger partial charge in [-0.3, -0.25) is 24.2 Å². The van der Waals surface area contributed by atoms with E-state index in [1.807, 2.05) is 19.0 Å². The summed E-state index contributed by atoms with van der Waals surface area (Å²) in [5, 5.41) is 45.9. The quantitative estimate of drug-likeness (QED) is 0.248. The maximum absolute atomic E-state index is 14.1. The SMILES string of the molecule is CC(C)CCN(Cc1cc(O)c2c(c1N(C)C)C[C@H]1C[C@H]3[C@H](N(C)C)C(=O)C(C(N)=O)=C(O)[C@@]3(O)C(=O)C1=C2O)CC1CC1. The van der Waals surface area contributed by atoms with Crippen LogP contribution in [0.5, 0.6) is 5.75 Å². The lowest BCUT2D eigenvalue weighted by Crippen LogP contribution is -2.65. The van der Waals surface area contributed by atoms with Crippen LogP contribution in [-0.4, -0.2) is 101 Å². The number of primary amides is 1. The summed E-state index contributed by atoms with van der Waals surface area (Å²) >= 11 is 0. The number of nitrogens with zero attached hydrogens (tertiary/aromatic N) is 3. The highest BCUT2D eigenvalue weighted by molar-refractivity contribution is 6.24. The molecule has 5 rings (SSSR count). The van der Waals surface area contributed by atoms with Gasteiger partial charge in [0.2, 0.25) is 5.78 Å². The number of ketones is 2. The molecular weight excluding hydrogens is 564 g/mol. The summed E-state index contributed by atoms with van der Waals surface area (Å²) in [4.78, 5) is 45.6. The summed E-state index contributed by atoms with van der Waals surface area (Å²) in [7, 11) is 7.00. The van der Waals surface area contributed by atoms with Crippen LogP contribution < -0.4 is 10.6 Å². The van der Waals surface area contributed by atoms with Crippen molar-refractivity contribution < 1.29 is 34.8 Å². The molecule has 0 radical (unpaired) electrons. The molecule has 11 heteroatoms. The van der Waals surface area contributed by atoms with Gasteiger partial charge >= 0.3 is 0 Å². The lowest BCUT2D eigenvalue weighted by molar-refractivity contribution is -0.153. The third kappa shape index (κ3) is 5.18. The van der Waals surface area contributed by atoms with Gasteiger partial charge in [0.1, 0.15) is 22.8 Å². The van der Waals surface area contributed by atoms with Crippen LogP contribution in [0.1, 0.15) is 56.2 Å². The molecule has 0 unspecified atom stereocenters. The predicted octanol–water partition coefficient (Wildman–Crippen LogP) is 2.29. The number of aliphatic hydroxyl groups is 3. The Bertz CT molecular complexity index is 1460. The van der Waals surface area contributed by atoms with Gasteiger partial charge in [-0.05, 0) is 87.7 Å². The molecule has 1 aromatic carbocycles. The van der Waals surface area contributed by atoms with Crippen molar-refractivity contribution in [2.75, 3.05) is 46.2 Å². The zero-order valence-corrected chi connectivity index (χ0v) is 26.6. The fourth-order valence-electron chi connectivity index (χ4n) is 7.63. The number of benzene rings is 1. The molecule has 2 saturated carbocycles. The third-order valence-corrected chi connectivity index (χ3v) is 9.85. The average molecular weight is 611 g/mol. The Kier molecular flexibility index (Phi) is 8.37. The van der Waals surface area contributed by atoms with E-state index in [1.165, 1.54) is 17.7 Å². The van der Waals surface area contributed by atoms with Crippen molar-refractivity contribution >= 4 is 28.9 Å². The molecule has 6 N–H and O–H groups in total. The van der Waals surface area contributed by atoms with E-state index >= 15 is 0 Å². The molecule has 4 aliphatic rings. The number of phenolic OH excluding ortho intramolecular Hbond substituents is 1. The van der Waals surface area contributed by atoms with Gasteiger partial charge in [-0.2, -0.15) is 0 Å². The van der Waals surface area contributed by atoms with E-state index < -0.39 is 58.0 Å². The van der Waals surface area contributed by atoms with Gasteiger partial charge < -0.3 is 31.1 Å². The van der Waals surface area contributed by atoms with Crippen molar-refractivity contribution in [2.24, 2.45) is 29.4 Å². The lowest BCUT2D eigenvalue weighted by Gasteiger charge is -2.50. The fraction of sp³-hybridized carbons (Fsp3) is 0.606. The van der Waals surface area contributed by atoms with Gasteiger partial charge in [0.05, 0.1) is 11.6 Å². The molecule has 4 atom stereocenters. The summed E-state index contributed by atoms with van der Waals surface area (Å²) in [6.07, 6.45) is 3.82. The standard InChI is InChI=1S/C33H46N4O7/c1-16(2)9-10-37(14-17-7-8-17)15-19-13-22(38)24-20(26(19)35(3)4)11-18-12-21-27(36(5)6)29(40)25(32(34)43)31(42)33(21,44)30(41)23(18)28(24)39/h13,16-18,21,27,38-39,42,44H,7-12,14-15H2,1-6H3,(H2,34,43)/t18-,21-,27-,33-/m0/s1. The van der Waals surface area contributed by atoms with Crippen molar-refractivity contribution in [3.8, 4) is 5.75 Å². The molecule has 0 spiro atoms. The van der Waals surface area contributed by atoms with Gasteiger partial charge in [-0.15, -0.1) is 0 Å². The number of aliphatic hydroxyl groups excluding tert-OH is 2. The zero-order valence-electron chi connectivity index (χ0n) is 26.6. The second-order valence-corrected chi connectivity index (χ2v) is 14.0. The molecule has 0 aromatic heterocycles. The number of hydrogen-bond acceptors (Lipinski definition) is 10.